The van der Waals surface area contributed by atoms with Crippen molar-refractivity contribution in [1.29, 1.82) is 0 Å². The van der Waals surface area contributed by atoms with Gasteiger partial charge in [0.1, 0.15) is 0 Å². The summed E-state index contributed by atoms with van der Waals surface area (Å²) in [7, 11) is 0. The fraction of sp³-hybridized carbons (Fsp3) is 0.286. The maximum absolute atomic E-state index is 12.5. The number of rotatable bonds is 4. The fourth-order valence-electron chi connectivity index (χ4n) is 3.27. The van der Waals surface area contributed by atoms with E-state index in [9.17, 15) is 4.79 Å². The first kappa shape index (κ1) is 18.0. The van der Waals surface area contributed by atoms with Crippen LogP contribution in [0.3, 0.4) is 0 Å². The number of anilines is 1. The highest BCUT2D eigenvalue weighted by atomic mass is 16.1. The average molecular weight is 374 g/mol. The third-order valence-electron chi connectivity index (χ3n) is 5.01. The highest BCUT2D eigenvalue weighted by Gasteiger charge is 2.26. The smallest absolute Gasteiger partial charge is 0.253 e. The molecular formula is C21H22N6O. The molecule has 1 N–H and O–H groups in total. The first-order valence-electron chi connectivity index (χ1n) is 9.32. The Kier molecular flexibility index (Phi) is 4.97. The van der Waals surface area contributed by atoms with Crippen molar-refractivity contribution in [2.24, 2.45) is 0 Å². The van der Waals surface area contributed by atoms with Gasteiger partial charge in [-0.15, -0.1) is 0 Å². The van der Waals surface area contributed by atoms with Gasteiger partial charge < -0.3 is 10.2 Å². The SMILES string of the molecule is Cc1cc(C(=O)NC2CCN(c3nccc(-c4cccnc4)n3)C2)cnc1C. The Balaban J connectivity index is 1.43. The molecule has 1 aliphatic rings. The maximum Gasteiger partial charge on any atom is 0.253 e. The topological polar surface area (TPSA) is 83.9 Å². The minimum atomic E-state index is -0.0903. The summed E-state index contributed by atoms with van der Waals surface area (Å²) in [6.45, 7) is 5.38. The van der Waals surface area contributed by atoms with Crippen LogP contribution in [0.25, 0.3) is 11.3 Å². The van der Waals surface area contributed by atoms with Crippen LogP contribution in [0.2, 0.25) is 0 Å². The van der Waals surface area contributed by atoms with Gasteiger partial charge in [-0.1, -0.05) is 0 Å². The Labute approximate surface area is 163 Å². The zero-order valence-electron chi connectivity index (χ0n) is 16.0. The summed E-state index contributed by atoms with van der Waals surface area (Å²) in [5.74, 6) is 0.582. The number of hydrogen-bond acceptors (Lipinski definition) is 6. The zero-order valence-corrected chi connectivity index (χ0v) is 16.0. The van der Waals surface area contributed by atoms with Gasteiger partial charge in [0.2, 0.25) is 5.95 Å². The van der Waals surface area contributed by atoms with Gasteiger partial charge in [0, 0.05) is 55.2 Å². The van der Waals surface area contributed by atoms with E-state index in [4.69, 9.17) is 0 Å². The van der Waals surface area contributed by atoms with Crippen LogP contribution in [0.1, 0.15) is 28.0 Å². The molecule has 0 aliphatic carbocycles. The summed E-state index contributed by atoms with van der Waals surface area (Å²) < 4.78 is 0. The largest absolute Gasteiger partial charge is 0.347 e. The number of aryl methyl sites for hydroxylation is 2. The second kappa shape index (κ2) is 7.72. The molecular weight excluding hydrogens is 352 g/mol. The molecule has 1 fully saturated rings. The standard InChI is InChI=1S/C21H22N6O/c1-14-10-17(12-24-15(14)2)20(28)25-18-6-9-27(13-18)21-23-8-5-19(26-21)16-4-3-7-22-11-16/h3-5,7-8,10-12,18H,6,9,13H2,1-2H3,(H,25,28). The lowest BCUT2D eigenvalue weighted by Gasteiger charge is -2.17. The Hall–Kier alpha value is -3.35. The van der Waals surface area contributed by atoms with Gasteiger partial charge in [-0.3, -0.25) is 14.8 Å². The molecule has 0 spiro atoms. The monoisotopic (exact) mass is 374 g/mol. The van der Waals surface area contributed by atoms with Gasteiger partial charge in [-0.25, -0.2) is 9.97 Å². The van der Waals surface area contributed by atoms with Crippen LogP contribution < -0.4 is 10.2 Å². The van der Waals surface area contributed by atoms with Crippen LogP contribution in [0, 0.1) is 13.8 Å². The van der Waals surface area contributed by atoms with Gasteiger partial charge in [0.05, 0.1) is 11.3 Å². The average Bonchev–Trinajstić information content (AvgIpc) is 3.19. The first-order valence-corrected chi connectivity index (χ1v) is 9.32. The van der Waals surface area contributed by atoms with E-state index in [1.807, 2.05) is 38.1 Å². The Morgan fingerprint density at radius 3 is 2.86 bits per heavy atom. The molecule has 0 saturated carbocycles. The van der Waals surface area contributed by atoms with E-state index < -0.39 is 0 Å². The van der Waals surface area contributed by atoms with Crippen LogP contribution in [-0.2, 0) is 0 Å². The molecule has 1 atom stereocenters. The molecule has 7 nitrogen and oxygen atoms in total. The van der Waals surface area contributed by atoms with Crippen LogP contribution in [0.5, 0.6) is 0 Å². The van der Waals surface area contributed by atoms with Gasteiger partial charge in [0.25, 0.3) is 5.91 Å². The van der Waals surface area contributed by atoms with Crippen molar-refractivity contribution in [2.45, 2.75) is 26.3 Å². The third-order valence-corrected chi connectivity index (χ3v) is 5.01. The molecule has 3 aromatic rings. The number of aromatic nitrogens is 4. The number of carbonyl (C=O) groups excluding carboxylic acids is 1. The van der Waals surface area contributed by atoms with E-state index in [0.717, 1.165) is 35.5 Å². The summed E-state index contributed by atoms with van der Waals surface area (Å²) in [6, 6.07) is 7.68. The second-order valence-electron chi connectivity index (χ2n) is 7.01. The van der Waals surface area contributed by atoms with E-state index in [0.29, 0.717) is 18.1 Å². The summed E-state index contributed by atoms with van der Waals surface area (Å²) in [5.41, 5.74) is 4.34. The van der Waals surface area contributed by atoms with Gasteiger partial charge in [0.15, 0.2) is 0 Å². The fourth-order valence-corrected chi connectivity index (χ4v) is 3.27. The number of nitrogens with one attached hydrogen (secondary N) is 1. The molecule has 1 amide bonds. The molecule has 1 unspecified atom stereocenters. The lowest BCUT2D eigenvalue weighted by molar-refractivity contribution is 0.0940. The minimum Gasteiger partial charge on any atom is -0.347 e. The number of pyridine rings is 2. The van der Waals surface area contributed by atoms with Crippen molar-refractivity contribution in [3.63, 3.8) is 0 Å². The van der Waals surface area contributed by atoms with Gasteiger partial charge in [-0.05, 0) is 50.1 Å². The molecule has 3 aromatic heterocycles. The van der Waals surface area contributed by atoms with Crippen LogP contribution in [0.4, 0.5) is 5.95 Å². The van der Waals surface area contributed by atoms with Gasteiger partial charge >= 0.3 is 0 Å². The highest BCUT2D eigenvalue weighted by molar-refractivity contribution is 5.94. The first-order chi connectivity index (χ1) is 13.6. The molecule has 4 heterocycles. The summed E-state index contributed by atoms with van der Waals surface area (Å²) in [5, 5.41) is 3.10. The number of hydrogen-bond donors (Lipinski definition) is 1. The van der Waals surface area contributed by atoms with Crippen LogP contribution in [0.15, 0.2) is 49.1 Å². The van der Waals surface area contributed by atoms with E-state index in [1.165, 1.54) is 0 Å². The van der Waals surface area contributed by atoms with E-state index in [-0.39, 0.29) is 11.9 Å². The molecule has 4 rings (SSSR count). The lowest BCUT2D eigenvalue weighted by Crippen LogP contribution is -2.37. The van der Waals surface area contributed by atoms with E-state index in [2.05, 4.69) is 30.2 Å². The summed E-state index contributed by atoms with van der Waals surface area (Å²) in [6.07, 6.45) is 7.77. The summed E-state index contributed by atoms with van der Waals surface area (Å²) in [4.78, 5) is 32.1. The predicted octanol–water partition coefficient (Wildman–Crippen LogP) is 2.56. The van der Waals surface area contributed by atoms with Crippen molar-refractivity contribution >= 4 is 11.9 Å². The summed E-state index contributed by atoms with van der Waals surface area (Å²) >= 11 is 0. The van der Waals surface area contributed by atoms with E-state index in [1.54, 1.807) is 24.8 Å². The minimum absolute atomic E-state index is 0.0553. The van der Waals surface area contributed by atoms with Gasteiger partial charge in [-0.2, -0.15) is 0 Å². The molecule has 0 radical (unpaired) electrons. The second-order valence-corrected chi connectivity index (χ2v) is 7.01. The van der Waals surface area contributed by atoms with Crippen molar-refractivity contribution in [3.8, 4) is 11.3 Å². The van der Waals surface area contributed by atoms with Crippen molar-refractivity contribution in [3.05, 3.63) is 65.9 Å². The quantitative estimate of drug-likeness (QED) is 0.756. The van der Waals surface area contributed by atoms with E-state index >= 15 is 0 Å². The van der Waals surface area contributed by atoms with Crippen molar-refractivity contribution < 1.29 is 4.79 Å². The highest BCUT2D eigenvalue weighted by Crippen LogP contribution is 2.21. The predicted molar refractivity (Wildman–Crippen MR) is 107 cm³/mol. The van der Waals surface area contributed by atoms with Crippen LogP contribution >= 0.6 is 0 Å². The molecule has 0 bridgehead atoms. The Morgan fingerprint density at radius 1 is 1.18 bits per heavy atom. The molecule has 1 saturated heterocycles. The van der Waals surface area contributed by atoms with Crippen molar-refractivity contribution in [1.82, 2.24) is 25.3 Å². The third kappa shape index (κ3) is 3.83. The number of nitrogens with zero attached hydrogens (tertiary/aromatic N) is 5. The van der Waals surface area contributed by atoms with Crippen LogP contribution in [-0.4, -0.2) is 45.0 Å². The number of carbonyl (C=O) groups is 1. The molecule has 0 aromatic carbocycles. The zero-order chi connectivity index (χ0) is 19.5. The molecule has 142 valence electrons. The maximum atomic E-state index is 12.5. The molecule has 1 aliphatic heterocycles. The Morgan fingerprint density at radius 2 is 2.07 bits per heavy atom. The molecule has 28 heavy (non-hydrogen) atoms. The Bertz CT molecular complexity index is 991. The normalized spacial score (nSPS) is 16.2. The number of amides is 1. The van der Waals surface area contributed by atoms with Crippen molar-refractivity contribution in [2.75, 3.05) is 18.0 Å². The lowest BCUT2D eigenvalue weighted by atomic mass is 10.1. The molecule has 7 heteroatoms.